The van der Waals surface area contributed by atoms with E-state index in [1.807, 2.05) is 13.0 Å². The highest BCUT2D eigenvalue weighted by Crippen LogP contribution is 2.27. The van der Waals surface area contributed by atoms with Crippen molar-refractivity contribution in [2.24, 2.45) is 5.10 Å². The van der Waals surface area contributed by atoms with E-state index in [2.05, 4.69) is 15.5 Å². The fourth-order valence-electron chi connectivity index (χ4n) is 1.83. The van der Waals surface area contributed by atoms with Crippen molar-refractivity contribution in [2.45, 2.75) is 13.3 Å². The van der Waals surface area contributed by atoms with Gasteiger partial charge in [0.15, 0.2) is 16.6 Å². The molecule has 7 nitrogen and oxygen atoms in total. The van der Waals surface area contributed by atoms with E-state index in [0.717, 1.165) is 5.56 Å². The molecule has 0 aliphatic rings. The molecular weight excluding hydrogens is 316 g/mol. The lowest BCUT2D eigenvalue weighted by Gasteiger charge is -2.09. The van der Waals surface area contributed by atoms with Crippen LogP contribution in [0.25, 0.3) is 0 Å². The van der Waals surface area contributed by atoms with Gasteiger partial charge in [-0.1, -0.05) is 0 Å². The molecule has 23 heavy (non-hydrogen) atoms. The maximum absolute atomic E-state index is 11.7. The molecule has 0 bridgehead atoms. The molecular formula is C15H18N4O3S. The van der Waals surface area contributed by atoms with Gasteiger partial charge < -0.3 is 15.2 Å². The summed E-state index contributed by atoms with van der Waals surface area (Å²) in [5, 5.41) is 6.11. The number of hydrogen-bond donors (Lipinski definition) is 2. The van der Waals surface area contributed by atoms with E-state index < -0.39 is 0 Å². The van der Waals surface area contributed by atoms with Crippen LogP contribution in [0.4, 0.5) is 5.13 Å². The molecule has 0 fully saturated rings. The lowest BCUT2D eigenvalue weighted by atomic mass is 10.2. The lowest BCUT2D eigenvalue weighted by molar-refractivity contribution is -0.120. The number of methoxy groups -OCH3 is 1. The smallest absolute Gasteiger partial charge is 0.246 e. The van der Waals surface area contributed by atoms with Crippen molar-refractivity contribution in [3.05, 3.63) is 34.8 Å². The highest BCUT2D eigenvalue weighted by atomic mass is 32.1. The number of hydrogen-bond acceptors (Lipinski definition) is 7. The number of carbonyl (C=O) groups is 1. The Balaban J connectivity index is 1.93. The van der Waals surface area contributed by atoms with Gasteiger partial charge in [-0.15, -0.1) is 11.3 Å². The molecule has 0 unspecified atom stereocenters. The molecule has 0 radical (unpaired) electrons. The number of nitrogens with two attached hydrogens (primary N) is 1. The second-order valence-electron chi connectivity index (χ2n) is 4.49. The molecule has 0 saturated heterocycles. The first-order valence-corrected chi connectivity index (χ1v) is 7.83. The molecule has 3 N–H and O–H groups in total. The molecule has 1 aromatic heterocycles. The molecule has 1 amide bonds. The molecule has 0 aliphatic heterocycles. The monoisotopic (exact) mass is 334 g/mol. The number of anilines is 1. The number of amides is 1. The molecule has 0 atom stereocenters. The predicted octanol–water partition coefficient (Wildman–Crippen LogP) is 1.83. The maximum Gasteiger partial charge on any atom is 0.246 e. The van der Waals surface area contributed by atoms with Crippen molar-refractivity contribution in [1.82, 2.24) is 10.4 Å². The average molecular weight is 334 g/mol. The molecule has 0 saturated carbocycles. The van der Waals surface area contributed by atoms with Gasteiger partial charge in [0.2, 0.25) is 5.91 Å². The lowest BCUT2D eigenvalue weighted by Crippen LogP contribution is -2.19. The van der Waals surface area contributed by atoms with Crippen molar-refractivity contribution >= 4 is 28.6 Å². The van der Waals surface area contributed by atoms with Crippen LogP contribution in [0.3, 0.4) is 0 Å². The first kappa shape index (κ1) is 16.8. The summed E-state index contributed by atoms with van der Waals surface area (Å²) >= 11 is 1.30. The number of hydrazone groups is 1. The minimum absolute atomic E-state index is 0.137. The van der Waals surface area contributed by atoms with Crippen molar-refractivity contribution in [3.63, 3.8) is 0 Å². The molecule has 0 spiro atoms. The van der Waals surface area contributed by atoms with E-state index in [1.54, 1.807) is 24.6 Å². The third kappa shape index (κ3) is 4.96. The van der Waals surface area contributed by atoms with Gasteiger partial charge in [-0.25, -0.2) is 10.4 Å². The van der Waals surface area contributed by atoms with Crippen LogP contribution in [0.2, 0.25) is 0 Å². The largest absolute Gasteiger partial charge is 0.493 e. The van der Waals surface area contributed by atoms with Crippen LogP contribution in [-0.4, -0.2) is 30.8 Å². The van der Waals surface area contributed by atoms with E-state index in [9.17, 15) is 4.79 Å². The zero-order valence-corrected chi connectivity index (χ0v) is 13.7. The number of benzene rings is 1. The van der Waals surface area contributed by atoms with Crippen LogP contribution in [0, 0.1) is 0 Å². The predicted molar refractivity (Wildman–Crippen MR) is 90.1 cm³/mol. The fourth-order valence-corrected chi connectivity index (χ4v) is 2.39. The molecule has 2 rings (SSSR count). The van der Waals surface area contributed by atoms with Crippen LogP contribution in [0.5, 0.6) is 11.5 Å². The second kappa shape index (κ2) is 8.14. The Labute approximate surface area is 138 Å². The number of aromatic nitrogens is 1. The quantitative estimate of drug-likeness (QED) is 0.594. The zero-order chi connectivity index (χ0) is 16.7. The van der Waals surface area contributed by atoms with Crippen LogP contribution in [0.1, 0.15) is 18.2 Å². The average Bonchev–Trinajstić information content (AvgIpc) is 2.93. The van der Waals surface area contributed by atoms with Crippen molar-refractivity contribution in [3.8, 4) is 11.5 Å². The van der Waals surface area contributed by atoms with Crippen molar-refractivity contribution < 1.29 is 14.3 Å². The molecule has 8 heteroatoms. The normalized spacial score (nSPS) is 10.7. The molecule has 0 aliphatic carbocycles. The third-order valence-electron chi connectivity index (χ3n) is 2.80. The van der Waals surface area contributed by atoms with Crippen LogP contribution in [-0.2, 0) is 11.2 Å². The summed E-state index contributed by atoms with van der Waals surface area (Å²) in [6, 6.07) is 5.40. The number of thiazole rings is 1. The Kier molecular flexibility index (Phi) is 5.93. The van der Waals surface area contributed by atoms with Gasteiger partial charge in [-0.2, -0.15) is 5.10 Å². The summed E-state index contributed by atoms with van der Waals surface area (Å²) in [7, 11) is 1.57. The van der Waals surface area contributed by atoms with Crippen molar-refractivity contribution in [2.75, 3.05) is 19.5 Å². The molecule has 1 heterocycles. The van der Waals surface area contributed by atoms with Gasteiger partial charge in [0.25, 0.3) is 0 Å². The number of carbonyl (C=O) groups excluding carboxylic acids is 1. The number of nitrogens with zero attached hydrogens (tertiary/aromatic N) is 2. The van der Waals surface area contributed by atoms with E-state index in [4.69, 9.17) is 15.2 Å². The Bertz CT molecular complexity index is 700. The van der Waals surface area contributed by atoms with E-state index in [0.29, 0.717) is 28.9 Å². The standard InChI is InChI=1S/C15H18N4O3S/c1-3-22-12-5-4-10(6-13(12)21-2)8-17-19-14(20)7-11-9-23-15(16)18-11/h4-6,8-9H,3,7H2,1-2H3,(H2,16,18)(H,19,20)/b17-8+. The summed E-state index contributed by atoms with van der Waals surface area (Å²) in [6.07, 6.45) is 1.67. The first-order chi connectivity index (χ1) is 11.1. The maximum atomic E-state index is 11.7. The second-order valence-corrected chi connectivity index (χ2v) is 5.38. The SMILES string of the molecule is CCOc1ccc(/C=N/NC(=O)Cc2csc(N)n2)cc1OC. The summed E-state index contributed by atoms with van der Waals surface area (Å²) in [6.45, 7) is 2.46. The molecule has 2 aromatic rings. The Morgan fingerprint density at radius 2 is 2.30 bits per heavy atom. The first-order valence-electron chi connectivity index (χ1n) is 6.95. The third-order valence-corrected chi connectivity index (χ3v) is 3.52. The number of nitrogen functional groups attached to an aromatic ring is 1. The zero-order valence-electron chi connectivity index (χ0n) is 12.9. The summed E-state index contributed by atoms with van der Waals surface area (Å²) < 4.78 is 10.7. The van der Waals surface area contributed by atoms with Gasteiger partial charge in [-0.05, 0) is 30.7 Å². The number of rotatable bonds is 7. The van der Waals surface area contributed by atoms with Gasteiger partial charge in [-0.3, -0.25) is 4.79 Å². The number of nitrogens with one attached hydrogen (secondary N) is 1. The van der Waals surface area contributed by atoms with Gasteiger partial charge in [0.05, 0.1) is 32.0 Å². The van der Waals surface area contributed by atoms with Gasteiger partial charge in [0, 0.05) is 5.38 Å². The minimum atomic E-state index is -0.260. The fraction of sp³-hybridized carbons (Fsp3) is 0.267. The van der Waals surface area contributed by atoms with Crippen molar-refractivity contribution in [1.29, 1.82) is 0 Å². The topological polar surface area (TPSA) is 98.8 Å². The van der Waals surface area contributed by atoms with E-state index in [-0.39, 0.29) is 12.3 Å². The van der Waals surface area contributed by atoms with Crippen LogP contribution in [0.15, 0.2) is 28.7 Å². The minimum Gasteiger partial charge on any atom is -0.493 e. The Hall–Kier alpha value is -2.61. The van der Waals surface area contributed by atoms with E-state index >= 15 is 0 Å². The molecule has 1 aromatic carbocycles. The molecule has 122 valence electrons. The summed E-state index contributed by atoms with van der Waals surface area (Å²) in [5.74, 6) is 1.02. The Morgan fingerprint density at radius 1 is 1.48 bits per heavy atom. The van der Waals surface area contributed by atoms with E-state index in [1.165, 1.54) is 17.6 Å². The van der Waals surface area contributed by atoms with Crippen LogP contribution < -0.4 is 20.6 Å². The van der Waals surface area contributed by atoms with Gasteiger partial charge >= 0.3 is 0 Å². The Morgan fingerprint density at radius 3 is 2.96 bits per heavy atom. The summed E-state index contributed by atoms with van der Waals surface area (Å²) in [5.41, 5.74) is 9.37. The number of ether oxygens (including phenoxy) is 2. The van der Waals surface area contributed by atoms with Crippen LogP contribution >= 0.6 is 11.3 Å². The highest BCUT2D eigenvalue weighted by molar-refractivity contribution is 7.13. The van der Waals surface area contributed by atoms with Gasteiger partial charge in [0.1, 0.15) is 0 Å². The highest BCUT2D eigenvalue weighted by Gasteiger charge is 2.06. The summed E-state index contributed by atoms with van der Waals surface area (Å²) in [4.78, 5) is 15.7.